The fourth-order valence-corrected chi connectivity index (χ4v) is 1.59. The van der Waals surface area contributed by atoms with Gasteiger partial charge in [0.1, 0.15) is 5.69 Å². The predicted octanol–water partition coefficient (Wildman–Crippen LogP) is 2.01. The lowest BCUT2D eigenvalue weighted by Gasteiger charge is -2.10. The maximum Gasteiger partial charge on any atom is 0.333 e. The number of para-hydroxylation sites is 1. The van der Waals surface area contributed by atoms with Gasteiger partial charge in [-0.15, -0.1) is 0 Å². The summed E-state index contributed by atoms with van der Waals surface area (Å²) in [5.41, 5.74) is 0.486. The molecule has 0 aliphatic heterocycles. The van der Waals surface area contributed by atoms with E-state index in [1.165, 1.54) is 0 Å². The number of hydrogen-bond donors (Lipinski definition) is 2. The van der Waals surface area contributed by atoms with E-state index in [-0.39, 0.29) is 5.69 Å². The molecule has 0 aliphatic rings. The van der Waals surface area contributed by atoms with Gasteiger partial charge < -0.3 is 15.4 Å². The van der Waals surface area contributed by atoms with Crippen molar-refractivity contribution in [1.29, 1.82) is 0 Å². The second-order valence-electron chi connectivity index (χ2n) is 3.62. The van der Waals surface area contributed by atoms with Gasteiger partial charge in [0, 0.05) is 13.1 Å². The molecule has 0 fully saturated rings. The Bertz CT molecular complexity index is 396. The second kappa shape index (κ2) is 7.50. The highest BCUT2D eigenvalue weighted by molar-refractivity contribution is 5.68. The standard InChI is InChI=1S/C12H19N3O3/c1-3-13-8-9-14-10-6-5-7-11(18-4-2)12(10)15(16)17/h5-7,13-14H,3-4,8-9H2,1-2H3. The van der Waals surface area contributed by atoms with Crippen LogP contribution < -0.4 is 15.4 Å². The Morgan fingerprint density at radius 2 is 2.11 bits per heavy atom. The van der Waals surface area contributed by atoms with E-state index >= 15 is 0 Å². The normalized spacial score (nSPS) is 10.1. The highest BCUT2D eigenvalue weighted by atomic mass is 16.6. The van der Waals surface area contributed by atoms with Crippen LogP contribution in [0.3, 0.4) is 0 Å². The van der Waals surface area contributed by atoms with Crippen molar-refractivity contribution >= 4 is 11.4 Å². The van der Waals surface area contributed by atoms with Crippen LogP contribution in [0.2, 0.25) is 0 Å². The van der Waals surface area contributed by atoms with E-state index in [0.29, 0.717) is 24.6 Å². The summed E-state index contributed by atoms with van der Waals surface area (Å²) in [6.45, 7) is 6.48. The number of benzene rings is 1. The number of ether oxygens (including phenoxy) is 1. The van der Waals surface area contributed by atoms with Crippen LogP contribution in [0, 0.1) is 10.1 Å². The van der Waals surface area contributed by atoms with Crippen molar-refractivity contribution in [2.75, 3.05) is 31.6 Å². The maximum absolute atomic E-state index is 11.1. The highest BCUT2D eigenvalue weighted by Crippen LogP contribution is 2.34. The minimum Gasteiger partial charge on any atom is -0.487 e. The first-order valence-electron chi connectivity index (χ1n) is 6.05. The minimum atomic E-state index is -0.416. The molecular formula is C12H19N3O3. The van der Waals surface area contributed by atoms with Gasteiger partial charge in [0.2, 0.25) is 0 Å². The van der Waals surface area contributed by atoms with Crippen LogP contribution >= 0.6 is 0 Å². The monoisotopic (exact) mass is 253 g/mol. The summed E-state index contributed by atoms with van der Waals surface area (Å²) in [7, 11) is 0. The van der Waals surface area contributed by atoms with Crippen LogP contribution in [0.4, 0.5) is 11.4 Å². The van der Waals surface area contributed by atoms with Crippen LogP contribution in [0.25, 0.3) is 0 Å². The summed E-state index contributed by atoms with van der Waals surface area (Å²) in [5, 5.41) is 17.3. The van der Waals surface area contributed by atoms with Gasteiger partial charge in [-0.3, -0.25) is 10.1 Å². The third kappa shape index (κ3) is 3.89. The summed E-state index contributed by atoms with van der Waals surface area (Å²) in [5.74, 6) is 0.302. The van der Waals surface area contributed by atoms with E-state index in [4.69, 9.17) is 4.74 Å². The second-order valence-corrected chi connectivity index (χ2v) is 3.62. The number of anilines is 1. The molecule has 1 aromatic rings. The third-order valence-electron chi connectivity index (χ3n) is 2.35. The largest absolute Gasteiger partial charge is 0.487 e. The number of nitrogens with zero attached hydrogens (tertiary/aromatic N) is 1. The lowest BCUT2D eigenvalue weighted by molar-refractivity contribution is -0.384. The van der Waals surface area contributed by atoms with Crippen molar-refractivity contribution < 1.29 is 9.66 Å². The molecule has 0 saturated carbocycles. The molecule has 0 unspecified atom stereocenters. The number of nitrogens with one attached hydrogen (secondary N) is 2. The average molecular weight is 253 g/mol. The molecule has 1 aromatic carbocycles. The lowest BCUT2D eigenvalue weighted by Crippen LogP contribution is -2.21. The average Bonchev–Trinajstić information content (AvgIpc) is 2.35. The molecule has 2 N–H and O–H groups in total. The van der Waals surface area contributed by atoms with E-state index in [0.717, 1.165) is 13.1 Å². The first-order chi connectivity index (χ1) is 8.70. The SMILES string of the molecule is CCNCCNc1cccc(OCC)c1[N+](=O)[O-]. The Kier molecular flexibility index (Phi) is 5.93. The number of nitro groups is 1. The molecule has 0 amide bonds. The van der Waals surface area contributed by atoms with E-state index < -0.39 is 4.92 Å². The molecule has 0 atom stereocenters. The smallest absolute Gasteiger partial charge is 0.333 e. The molecule has 6 nitrogen and oxygen atoms in total. The molecule has 1 rings (SSSR count). The molecule has 0 heterocycles. The van der Waals surface area contributed by atoms with Gasteiger partial charge in [0.25, 0.3) is 0 Å². The summed E-state index contributed by atoms with van der Waals surface area (Å²) >= 11 is 0. The molecule has 0 bridgehead atoms. The van der Waals surface area contributed by atoms with Gasteiger partial charge in [0.05, 0.1) is 11.5 Å². The van der Waals surface area contributed by atoms with Gasteiger partial charge in [-0.1, -0.05) is 13.0 Å². The van der Waals surface area contributed by atoms with Crippen molar-refractivity contribution in [2.45, 2.75) is 13.8 Å². The number of rotatable bonds is 8. The zero-order valence-electron chi connectivity index (χ0n) is 10.7. The molecular weight excluding hydrogens is 234 g/mol. The van der Waals surface area contributed by atoms with Gasteiger partial charge in [-0.05, 0) is 25.6 Å². The van der Waals surface area contributed by atoms with Crippen molar-refractivity contribution in [3.8, 4) is 5.75 Å². The molecule has 0 aliphatic carbocycles. The Morgan fingerprint density at radius 1 is 1.33 bits per heavy atom. The van der Waals surface area contributed by atoms with Gasteiger partial charge >= 0.3 is 5.69 Å². The van der Waals surface area contributed by atoms with Gasteiger partial charge in [0.15, 0.2) is 5.75 Å². The van der Waals surface area contributed by atoms with Crippen LogP contribution in [0.5, 0.6) is 5.75 Å². The third-order valence-corrected chi connectivity index (χ3v) is 2.35. The van der Waals surface area contributed by atoms with E-state index in [2.05, 4.69) is 10.6 Å². The number of likely N-dealkylation sites (N-methyl/N-ethyl adjacent to an activating group) is 1. The minimum absolute atomic E-state index is 0.00384. The Balaban J connectivity index is 2.82. The summed E-state index contributed by atoms with van der Waals surface area (Å²) in [4.78, 5) is 10.7. The summed E-state index contributed by atoms with van der Waals surface area (Å²) < 4.78 is 5.27. The lowest BCUT2D eigenvalue weighted by atomic mass is 10.2. The predicted molar refractivity (Wildman–Crippen MR) is 71.3 cm³/mol. The first kappa shape index (κ1) is 14.2. The Morgan fingerprint density at radius 3 is 2.72 bits per heavy atom. The highest BCUT2D eigenvalue weighted by Gasteiger charge is 2.20. The molecule has 6 heteroatoms. The molecule has 0 saturated heterocycles. The molecule has 0 radical (unpaired) electrons. The number of hydrogen-bond acceptors (Lipinski definition) is 5. The van der Waals surface area contributed by atoms with Crippen molar-refractivity contribution in [2.24, 2.45) is 0 Å². The van der Waals surface area contributed by atoms with Crippen LogP contribution in [-0.2, 0) is 0 Å². The maximum atomic E-state index is 11.1. The molecule has 0 spiro atoms. The fraction of sp³-hybridized carbons (Fsp3) is 0.500. The Labute approximate surface area is 106 Å². The topological polar surface area (TPSA) is 76.4 Å². The molecule has 0 aromatic heterocycles. The fourth-order valence-electron chi connectivity index (χ4n) is 1.59. The van der Waals surface area contributed by atoms with Crippen LogP contribution in [0.1, 0.15) is 13.8 Å². The van der Waals surface area contributed by atoms with E-state index in [1.807, 2.05) is 6.92 Å². The molecule has 100 valence electrons. The summed E-state index contributed by atoms with van der Waals surface area (Å²) in [6, 6.07) is 5.04. The van der Waals surface area contributed by atoms with Crippen molar-refractivity contribution in [1.82, 2.24) is 5.32 Å². The van der Waals surface area contributed by atoms with Crippen molar-refractivity contribution in [3.05, 3.63) is 28.3 Å². The van der Waals surface area contributed by atoms with Gasteiger partial charge in [-0.25, -0.2) is 0 Å². The van der Waals surface area contributed by atoms with Crippen LogP contribution in [-0.4, -0.2) is 31.2 Å². The van der Waals surface area contributed by atoms with E-state index in [9.17, 15) is 10.1 Å². The van der Waals surface area contributed by atoms with E-state index in [1.54, 1.807) is 25.1 Å². The van der Waals surface area contributed by atoms with Crippen molar-refractivity contribution in [3.63, 3.8) is 0 Å². The zero-order chi connectivity index (χ0) is 13.4. The number of nitro benzene ring substituents is 1. The van der Waals surface area contributed by atoms with Crippen LogP contribution in [0.15, 0.2) is 18.2 Å². The summed E-state index contributed by atoms with van der Waals surface area (Å²) in [6.07, 6.45) is 0. The molecule has 18 heavy (non-hydrogen) atoms. The quantitative estimate of drug-likeness (QED) is 0.421. The Hall–Kier alpha value is -1.82. The zero-order valence-corrected chi connectivity index (χ0v) is 10.7. The first-order valence-corrected chi connectivity index (χ1v) is 6.05. The van der Waals surface area contributed by atoms with Gasteiger partial charge in [-0.2, -0.15) is 0 Å².